The SMILES string of the molecule is CN1CCC(CNC(=O)C=O)C1. The predicted molar refractivity (Wildman–Crippen MR) is 44.7 cm³/mol. The van der Waals surface area contributed by atoms with Crippen LogP contribution in [0.15, 0.2) is 0 Å². The summed E-state index contributed by atoms with van der Waals surface area (Å²) in [4.78, 5) is 22.7. The molecule has 0 aliphatic carbocycles. The Balaban J connectivity index is 2.15. The van der Waals surface area contributed by atoms with Gasteiger partial charge in [-0.15, -0.1) is 0 Å². The van der Waals surface area contributed by atoms with Gasteiger partial charge in [-0.05, 0) is 25.9 Å². The number of hydrogen-bond acceptors (Lipinski definition) is 3. The monoisotopic (exact) mass is 170 g/mol. The van der Waals surface area contributed by atoms with Gasteiger partial charge in [0.05, 0.1) is 0 Å². The fourth-order valence-electron chi connectivity index (χ4n) is 1.48. The Morgan fingerprint density at radius 1 is 1.75 bits per heavy atom. The van der Waals surface area contributed by atoms with E-state index < -0.39 is 5.91 Å². The largest absolute Gasteiger partial charge is 0.349 e. The molecule has 1 aliphatic rings. The normalized spacial score (nSPS) is 23.9. The van der Waals surface area contributed by atoms with Crippen molar-refractivity contribution in [2.24, 2.45) is 5.92 Å². The van der Waals surface area contributed by atoms with E-state index in [4.69, 9.17) is 0 Å². The third kappa shape index (κ3) is 2.62. The molecule has 4 heteroatoms. The first kappa shape index (κ1) is 9.19. The van der Waals surface area contributed by atoms with E-state index >= 15 is 0 Å². The zero-order valence-electron chi connectivity index (χ0n) is 7.25. The molecule has 1 heterocycles. The van der Waals surface area contributed by atoms with Crippen molar-refractivity contribution in [2.45, 2.75) is 6.42 Å². The van der Waals surface area contributed by atoms with Crippen molar-refractivity contribution >= 4 is 12.2 Å². The maximum absolute atomic E-state index is 10.6. The van der Waals surface area contributed by atoms with Crippen molar-refractivity contribution in [3.05, 3.63) is 0 Å². The van der Waals surface area contributed by atoms with Crippen LogP contribution in [-0.2, 0) is 9.59 Å². The molecule has 1 unspecified atom stereocenters. The van der Waals surface area contributed by atoms with Gasteiger partial charge in [0.1, 0.15) is 0 Å². The molecule has 68 valence electrons. The summed E-state index contributed by atoms with van der Waals surface area (Å²) in [6.45, 7) is 2.72. The van der Waals surface area contributed by atoms with Gasteiger partial charge < -0.3 is 10.2 Å². The molecule has 1 amide bonds. The minimum absolute atomic E-state index is 0.318. The smallest absolute Gasteiger partial charge is 0.284 e. The fourth-order valence-corrected chi connectivity index (χ4v) is 1.48. The lowest BCUT2D eigenvalue weighted by molar-refractivity contribution is -0.131. The van der Waals surface area contributed by atoms with Crippen molar-refractivity contribution in [3.8, 4) is 0 Å². The molecule has 1 atom stereocenters. The number of rotatable bonds is 3. The topological polar surface area (TPSA) is 49.4 Å². The Hall–Kier alpha value is -0.900. The first-order chi connectivity index (χ1) is 5.72. The van der Waals surface area contributed by atoms with Crippen molar-refractivity contribution in [1.82, 2.24) is 10.2 Å². The number of nitrogens with zero attached hydrogens (tertiary/aromatic N) is 1. The van der Waals surface area contributed by atoms with E-state index in [0.717, 1.165) is 19.5 Å². The van der Waals surface area contributed by atoms with Crippen LogP contribution < -0.4 is 5.32 Å². The van der Waals surface area contributed by atoms with Gasteiger partial charge in [0.25, 0.3) is 5.91 Å². The van der Waals surface area contributed by atoms with Crippen LogP contribution in [0.25, 0.3) is 0 Å². The average Bonchev–Trinajstić information content (AvgIpc) is 2.47. The molecule has 0 radical (unpaired) electrons. The molecule has 1 saturated heterocycles. The van der Waals surface area contributed by atoms with Crippen molar-refractivity contribution in [1.29, 1.82) is 0 Å². The quantitative estimate of drug-likeness (QED) is 0.448. The second-order valence-corrected chi connectivity index (χ2v) is 3.28. The van der Waals surface area contributed by atoms with E-state index in [0.29, 0.717) is 18.7 Å². The van der Waals surface area contributed by atoms with Crippen molar-refractivity contribution in [2.75, 3.05) is 26.7 Å². The zero-order valence-corrected chi connectivity index (χ0v) is 7.25. The van der Waals surface area contributed by atoms with Crippen LogP contribution in [0, 0.1) is 5.92 Å². The lowest BCUT2D eigenvalue weighted by Gasteiger charge is -2.09. The number of carbonyl (C=O) groups is 2. The molecule has 0 bridgehead atoms. The van der Waals surface area contributed by atoms with Gasteiger partial charge in [0.15, 0.2) is 0 Å². The molecule has 0 aromatic carbocycles. The van der Waals surface area contributed by atoms with Gasteiger partial charge in [-0.3, -0.25) is 9.59 Å². The van der Waals surface area contributed by atoms with Crippen LogP contribution in [0.2, 0.25) is 0 Å². The highest BCUT2D eigenvalue weighted by atomic mass is 16.2. The van der Waals surface area contributed by atoms with Crippen LogP contribution in [0.3, 0.4) is 0 Å². The molecular formula is C8H14N2O2. The van der Waals surface area contributed by atoms with Crippen LogP contribution >= 0.6 is 0 Å². The van der Waals surface area contributed by atoms with Crippen LogP contribution in [0.1, 0.15) is 6.42 Å². The summed E-state index contributed by atoms with van der Waals surface area (Å²) >= 11 is 0. The number of carbonyl (C=O) groups excluding carboxylic acids is 2. The predicted octanol–water partition coefficient (Wildman–Crippen LogP) is -0.747. The third-order valence-electron chi connectivity index (χ3n) is 2.16. The van der Waals surface area contributed by atoms with E-state index in [9.17, 15) is 9.59 Å². The maximum atomic E-state index is 10.6. The van der Waals surface area contributed by atoms with Gasteiger partial charge in [-0.2, -0.15) is 0 Å². The highest BCUT2D eigenvalue weighted by molar-refractivity contribution is 6.23. The summed E-state index contributed by atoms with van der Waals surface area (Å²) in [7, 11) is 2.06. The van der Waals surface area contributed by atoms with Gasteiger partial charge in [0, 0.05) is 13.1 Å². The molecule has 4 nitrogen and oxygen atoms in total. The second-order valence-electron chi connectivity index (χ2n) is 3.28. The summed E-state index contributed by atoms with van der Waals surface area (Å²) in [5.41, 5.74) is 0. The van der Waals surface area contributed by atoms with Crippen LogP contribution in [-0.4, -0.2) is 43.8 Å². The van der Waals surface area contributed by atoms with E-state index in [1.54, 1.807) is 0 Å². The number of nitrogens with one attached hydrogen (secondary N) is 1. The summed E-state index contributed by atoms with van der Waals surface area (Å²) < 4.78 is 0. The van der Waals surface area contributed by atoms with E-state index in [2.05, 4.69) is 17.3 Å². The minimum Gasteiger partial charge on any atom is -0.349 e. The van der Waals surface area contributed by atoms with Gasteiger partial charge in [-0.1, -0.05) is 0 Å². The Kier molecular flexibility index (Phi) is 3.22. The van der Waals surface area contributed by atoms with E-state index in [1.807, 2.05) is 0 Å². The van der Waals surface area contributed by atoms with Gasteiger partial charge in [-0.25, -0.2) is 0 Å². The maximum Gasteiger partial charge on any atom is 0.284 e. The molecule has 1 fully saturated rings. The average molecular weight is 170 g/mol. The lowest BCUT2D eigenvalue weighted by atomic mass is 10.1. The summed E-state index contributed by atoms with van der Waals surface area (Å²) in [5.74, 6) is 0.00320. The highest BCUT2D eigenvalue weighted by Crippen LogP contribution is 2.12. The Labute approximate surface area is 71.9 Å². The number of amides is 1. The van der Waals surface area contributed by atoms with Crippen LogP contribution in [0.4, 0.5) is 0 Å². The Morgan fingerprint density at radius 3 is 3.00 bits per heavy atom. The summed E-state index contributed by atoms with van der Waals surface area (Å²) in [5, 5.41) is 2.56. The molecule has 1 N–H and O–H groups in total. The molecule has 0 saturated carbocycles. The standard InChI is InChI=1S/C8H14N2O2/c1-10-3-2-7(5-10)4-9-8(12)6-11/h6-7H,2-5H2,1H3,(H,9,12). The molecular weight excluding hydrogens is 156 g/mol. The fraction of sp³-hybridized carbons (Fsp3) is 0.750. The minimum atomic E-state index is -0.510. The Bertz CT molecular complexity index is 182. The first-order valence-corrected chi connectivity index (χ1v) is 4.14. The summed E-state index contributed by atoms with van der Waals surface area (Å²) in [6, 6.07) is 0. The van der Waals surface area contributed by atoms with E-state index in [-0.39, 0.29) is 0 Å². The molecule has 1 aliphatic heterocycles. The van der Waals surface area contributed by atoms with Crippen molar-refractivity contribution in [3.63, 3.8) is 0 Å². The molecule has 0 spiro atoms. The van der Waals surface area contributed by atoms with Gasteiger partial charge >= 0.3 is 0 Å². The molecule has 12 heavy (non-hydrogen) atoms. The Morgan fingerprint density at radius 2 is 2.50 bits per heavy atom. The number of hydrogen-bond donors (Lipinski definition) is 1. The van der Waals surface area contributed by atoms with Crippen LogP contribution in [0.5, 0.6) is 0 Å². The lowest BCUT2D eigenvalue weighted by Crippen LogP contribution is -2.30. The molecule has 1 rings (SSSR count). The second kappa shape index (κ2) is 4.21. The number of aldehydes is 1. The molecule has 0 aromatic heterocycles. The molecule has 0 aromatic rings. The number of likely N-dealkylation sites (tertiary alicyclic amines) is 1. The first-order valence-electron chi connectivity index (χ1n) is 4.14. The highest BCUT2D eigenvalue weighted by Gasteiger charge is 2.19. The van der Waals surface area contributed by atoms with Crippen molar-refractivity contribution < 1.29 is 9.59 Å². The zero-order chi connectivity index (χ0) is 8.97. The van der Waals surface area contributed by atoms with E-state index in [1.165, 1.54) is 0 Å². The summed E-state index contributed by atoms with van der Waals surface area (Å²) in [6.07, 6.45) is 1.42. The van der Waals surface area contributed by atoms with Gasteiger partial charge in [0.2, 0.25) is 6.29 Å². The third-order valence-corrected chi connectivity index (χ3v) is 2.16.